The summed E-state index contributed by atoms with van der Waals surface area (Å²) in [5.41, 5.74) is -5.88. The van der Waals surface area contributed by atoms with Crippen molar-refractivity contribution in [2.24, 2.45) is 21.7 Å². The van der Waals surface area contributed by atoms with Gasteiger partial charge in [0.25, 0.3) is 0 Å². The average molecular weight is 740 g/mol. The second-order valence-electron chi connectivity index (χ2n) is 12.7. The molecule has 4 aliphatic rings. The van der Waals surface area contributed by atoms with Crippen molar-refractivity contribution in [2.45, 2.75) is 25.7 Å². The molecule has 8 rings (SSSR count). The Hall–Kier alpha value is -4.21. The molecule has 4 aromatic rings. The van der Waals surface area contributed by atoms with E-state index in [0.717, 1.165) is 0 Å². The first-order valence-electron chi connectivity index (χ1n) is 14.7. The molecule has 2 heterocycles. The largest absolute Gasteiger partial charge is 0.425 e. The topological polar surface area (TPSA) is 104 Å². The Kier molecular flexibility index (Phi) is 5.98. The summed E-state index contributed by atoms with van der Waals surface area (Å²) < 4.78 is 13.0. The first kappa shape index (κ1) is 29.2. The van der Waals surface area contributed by atoms with Gasteiger partial charge in [-0.05, 0) is 36.4 Å². The molecular formula is C37H24Br2O7. The van der Waals surface area contributed by atoms with Gasteiger partial charge < -0.3 is 9.47 Å². The summed E-state index contributed by atoms with van der Waals surface area (Å²) in [7, 11) is 0. The quantitative estimate of drug-likeness (QED) is 0.0888. The van der Waals surface area contributed by atoms with E-state index in [1.807, 2.05) is 0 Å². The number of Topliss-reactive ketones (excluding diaryl/α,β-unsaturated/α-hetero) is 3. The number of halogens is 2. The van der Waals surface area contributed by atoms with Crippen LogP contribution in [-0.2, 0) is 14.4 Å². The molecule has 0 N–H and O–H groups in total. The van der Waals surface area contributed by atoms with Gasteiger partial charge in [-0.1, -0.05) is 106 Å². The highest BCUT2D eigenvalue weighted by atomic mass is 79.9. The van der Waals surface area contributed by atoms with Crippen molar-refractivity contribution >= 4 is 61.1 Å². The number of ketones is 3. The predicted molar refractivity (Wildman–Crippen MR) is 173 cm³/mol. The van der Waals surface area contributed by atoms with Crippen molar-refractivity contribution < 1.29 is 33.4 Å². The standard InChI is InChI=1S/C37H24Br2O7/c1-34(29(40)19-9-5-3-6-10-19)27-23-17-21(38)13-15-25(23)45-32(43)36(27,34)31(42)37-28(24-18-22(39)14-16-26(24)46-33(37)44)35(37,2)30(41)20-11-7-4-8-12-20/h3-18,27-28H,1-2H3/t27-,28+,34+,35-,36-,37+. The molecule has 9 heteroatoms. The summed E-state index contributed by atoms with van der Waals surface area (Å²) in [6, 6.07) is 27.0. The van der Waals surface area contributed by atoms with Crippen LogP contribution in [0.1, 0.15) is 57.5 Å². The third-order valence-electron chi connectivity index (χ3n) is 10.8. The van der Waals surface area contributed by atoms with Crippen LogP contribution >= 0.6 is 31.9 Å². The Balaban J connectivity index is 1.39. The van der Waals surface area contributed by atoms with Gasteiger partial charge in [0.2, 0.25) is 0 Å². The SMILES string of the molecule is C[C@]1(C(=O)c2ccccc2)[C@@H]2c3cc(Br)ccc3OC(=O)[C@@]21C(=O)[C@@]12C(=O)Oc3ccc(Br)cc3[C@@H]1[C@@]2(C)C(=O)c1ccccc1. The number of hydrogen-bond donors (Lipinski definition) is 0. The Morgan fingerprint density at radius 3 is 1.33 bits per heavy atom. The minimum atomic E-state index is -2.11. The normalized spacial score (nSPS) is 31.2. The van der Waals surface area contributed by atoms with Gasteiger partial charge in [0.1, 0.15) is 22.3 Å². The summed E-state index contributed by atoms with van der Waals surface area (Å²) in [5.74, 6) is -5.01. The molecule has 0 aromatic heterocycles. The van der Waals surface area contributed by atoms with Crippen molar-refractivity contribution in [3.05, 3.63) is 128 Å². The predicted octanol–water partition coefficient (Wildman–Crippen LogP) is 7.26. The number of rotatable bonds is 6. The monoisotopic (exact) mass is 738 g/mol. The summed E-state index contributed by atoms with van der Waals surface area (Å²) >= 11 is 6.97. The number of fused-ring (bicyclic) bond motifs is 6. The van der Waals surface area contributed by atoms with Crippen LogP contribution in [-0.4, -0.2) is 29.3 Å². The maximum Gasteiger partial charge on any atom is 0.326 e. The highest BCUT2D eigenvalue weighted by Crippen LogP contribution is 2.87. The fourth-order valence-electron chi connectivity index (χ4n) is 8.65. The fourth-order valence-corrected chi connectivity index (χ4v) is 9.41. The van der Waals surface area contributed by atoms with E-state index >= 15 is 4.79 Å². The van der Waals surface area contributed by atoms with Crippen LogP contribution in [0.4, 0.5) is 0 Å². The Bertz CT molecular complexity index is 1930. The lowest BCUT2D eigenvalue weighted by molar-refractivity contribution is -0.157. The number of ether oxygens (including phenoxy) is 2. The van der Waals surface area contributed by atoms with E-state index in [1.165, 1.54) is 0 Å². The Morgan fingerprint density at radius 2 is 0.957 bits per heavy atom. The van der Waals surface area contributed by atoms with E-state index < -0.39 is 62.8 Å². The van der Waals surface area contributed by atoms with E-state index in [4.69, 9.17) is 9.47 Å². The molecule has 0 bridgehead atoms. The van der Waals surface area contributed by atoms with E-state index in [9.17, 15) is 19.2 Å². The minimum absolute atomic E-state index is 0.236. The second kappa shape index (κ2) is 9.42. The molecule has 2 aliphatic heterocycles. The number of esters is 2. The number of carbonyl (C=O) groups excluding carboxylic acids is 5. The summed E-state index contributed by atoms with van der Waals surface area (Å²) in [5, 5.41) is 0. The molecule has 0 spiro atoms. The molecule has 0 radical (unpaired) electrons. The maximum absolute atomic E-state index is 15.7. The van der Waals surface area contributed by atoms with Gasteiger partial charge in [-0.3, -0.25) is 24.0 Å². The van der Waals surface area contributed by atoms with E-state index in [0.29, 0.717) is 31.2 Å². The Labute approximate surface area is 280 Å². The lowest BCUT2D eigenvalue weighted by Crippen LogP contribution is -2.49. The van der Waals surface area contributed by atoms with Crippen LogP contribution in [0.5, 0.6) is 11.5 Å². The third-order valence-corrected chi connectivity index (χ3v) is 11.8. The number of hydrogen-bond acceptors (Lipinski definition) is 7. The van der Waals surface area contributed by atoms with Gasteiger partial charge in [0, 0.05) is 43.0 Å². The van der Waals surface area contributed by atoms with Gasteiger partial charge in [0.15, 0.2) is 17.3 Å². The lowest BCUT2D eigenvalue weighted by Gasteiger charge is -2.30. The van der Waals surface area contributed by atoms with E-state index in [-0.39, 0.29) is 11.5 Å². The number of benzene rings is 4. The van der Waals surface area contributed by atoms with Crippen LogP contribution in [0.25, 0.3) is 0 Å². The smallest absolute Gasteiger partial charge is 0.326 e. The molecule has 228 valence electrons. The first-order valence-corrected chi connectivity index (χ1v) is 16.3. The highest BCUT2D eigenvalue weighted by molar-refractivity contribution is 9.10. The van der Waals surface area contributed by atoms with Crippen LogP contribution in [0.2, 0.25) is 0 Å². The molecule has 2 aliphatic carbocycles. The molecule has 2 saturated carbocycles. The number of carbonyl (C=O) groups is 5. The molecule has 0 amide bonds. The molecule has 0 saturated heterocycles. The van der Waals surface area contributed by atoms with Crippen LogP contribution < -0.4 is 9.47 Å². The van der Waals surface area contributed by atoms with Gasteiger partial charge in [-0.25, -0.2) is 0 Å². The molecule has 4 aromatic carbocycles. The van der Waals surface area contributed by atoms with Crippen molar-refractivity contribution in [2.75, 3.05) is 0 Å². The lowest BCUT2D eigenvalue weighted by atomic mass is 9.73. The fraction of sp³-hybridized carbons (Fsp3) is 0.216. The van der Waals surface area contributed by atoms with Gasteiger partial charge in [-0.15, -0.1) is 0 Å². The maximum atomic E-state index is 15.7. The zero-order valence-corrected chi connectivity index (χ0v) is 27.7. The molecule has 0 unspecified atom stereocenters. The second-order valence-corrected chi connectivity index (χ2v) is 14.6. The summed E-state index contributed by atoms with van der Waals surface area (Å²) in [6.07, 6.45) is 0. The minimum Gasteiger partial charge on any atom is -0.425 e. The van der Waals surface area contributed by atoms with Crippen molar-refractivity contribution in [3.63, 3.8) is 0 Å². The summed E-state index contributed by atoms with van der Waals surface area (Å²) in [4.78, 5) is 73.5. The van der Waals surface area contributed by atoms with Crippen molar-refractivity contribution in [1.29, 1.82) is 0 Å². The van der Waals surface area contributed by atoms with Gasteiger partial charge in [0.05, 0.1) is 10.8 Å². The van der Waals surface area contributed by atoms with E-state index in [1.54, 1.807) is 111 Å². The van der Waals surface area contributed by atoms with Crippen LogP contribution in [0.15, 0.2) is 106 Å². The molecule has 7 nitrogen and oxygen atoms in total. The summed E-state index contributed by atoms with van der Waals surface area (Å²) in [6.45, 7) is 3.18. The zero-order chi connectivity index (χ0) is 32.4. The zero-order valence-electron chi connectivity index (χ0n) is 24.5. The molecular weight excluding hydrogens is 716 g/mol. The Morgan fingerprint density at radius 1 is 0.587 bits per heavy atom. The highest BCUT2D eigenvalue weighted by Gasteiger charge is 2.97. The van der Waals surface area contributed by atoms with Crippen LogP contribution in [0.3, 0.4) is 0 Å². The van der Waals surface area contributed by atoms with E-state index in [2.05, 4.69) is 31.9 Å². The third kappa shape index (κ3) is 3.25. The van der Waals surface area contributed by atoms with Crippen molar-refractivity contribution in [1.82, 2.24) is 0 Å². The molecule has 46 heavy (non-hydrogen) atoms. The van der Waals surface area contributed by atoms with Crippen LogP contribution in [0, 0.1) is 21.7 Å². The average Bonchev–Trinajstić information content (AvgIpc) is 3.88. The molecule has 2 fully saturated rings. The van der Waals surface area contributed by atoms with Gasteiger partial charge in [-0.2, -0.15) is 0 Å². The molecule has 6 atom stereocenters. The van der Waals surface area contributed by atoms with Gasteiger partial charge >= 0.3 is 11.9 Å². The van der Waals surface area contributed by atoms with Crippen molar-refractivity contribution in [3.8, 4) is 11.5 Å². The first-order chi connectivity index (χ1) is 22.0.